The van der Waals surface area contributed by atoms with E-state index < -0.39 is 34.1 Å². The first-order valence-corrected chi connectivity index (χ1v) is 8.59. The molecule has 0 unspecified atom stereocenters. The lowest BCUT2D eigenvalue weighted by Gasteiger charge is -2.09. The maximum absolute atomic E-state index is 13.7. The predicted molar refractivity (Wildman–Crippen MR) is 91.6 cm³/mol. The molecule has 0 saturated heterocycles. The highest BCUT2D eigenvalue weighted by Gasteiger charge is 2.33. The Hall–Kier alpha value is -2.14. The Balaban J connectivity index is 2.11. The van der Waals surface area contributed by atoms with Crippen LogP contribution in [0.5, 0.6) is 0 Å². The number of alkyl halides is 3. The standard InChI is InChI=1S/C15H9BrF4N2O3S/c16-9-2-3-11(10(17)6-9)21-14(23)7-26-13-4-1-8(15(18,19)20)5-12(13)22(24)25/h1-6H,7H2,(H,21,23). The first-order chi connectivity index (χ1) is 12.1. The second-order valence-electron chi connectivity index (χ2n) is 4.90. The van der Waals surface area contributed by atoms with E-state index in [0.717, 1.165) is 12.1 Å². The van der Waals surface area contributed by atoms with Crippen molar-refractivity contribution < 1.29 is 27.3 Å². The number of halogens is 5. The molecule has 0 atom stereocenters. The molecular weight excluding hydrogens is 444 g/mol. The quantitative estimate of drug-likeness (QED) is 0.291. The second kappa shape index (κ2) is 8.04. The summed E-state index contributed by atoms with van der Waals surface area (Å²) < 4.78 is 52.1. The van der Waals surface area contributed by atoms with E-state index in [0.29, 0.717) is 28.4 Å². The fourth-order valence-electron chi connectivity index (χ4n) is 1.88. The zero-order valence-electron chi connectivity index (χ0n) is 12.6. The highest BCUT2D eigenvalue weighted by Crippen LogP contribution is 2.36. The second-order valence-corrected chi connectivity index (χ2v) is 6.83. The van der Waals surface area contributed by atoms with Crippen molar-refractivity contribution in [2.45, 2.75) is 11.1 Å². The van der Waals surface area contributed by atoms with Gasteiger partial charge in [0.2, 0.25) is 5.91 Å². The normalized spacial score (nSPS) is 11.3. The fourth-order valence-corrected chi connectivity index (χ4v) is 3.02. The lowest BCUT2D eigenvalue weighted by molar-refractivity contribution is -0.388. The number of carbonyl (C=O) groups excluding carboxylic acids is 1. The molecule has 0 heterocycles. The zero-order chi connectivity index (χ0) is 19.5. The molecule has 0 radical (unpaired) electrons. The average molecular weight is 453 g/mol. The molecule has 0 spiro atoms. The van der Waals surface area contributed by atoms with Crippen molar-refractivity contribution in [1.29, 1.82) is 0 Å². The van der Waals surface area contributed by atoms with Crippen LogP contribution < -0.4 is 5.32 Å². The van der Waals surface area contributed by atoms with Crippen LogP contribution in [0.2, 0.25) is 0 Å². The number of anilines is 1. The summed E-state index contributed by atoms with van der Waals surface area (Å²) in [5.41, 5.74) is -2.00. The molecule has 138 valence electrons. The van der Waals surface area contributed by atoms with E-state index in [-0.39, 0.29) is 16.3 Å². The first kappa shape index (κ1) is 20.2. The number of carbonyl (C=O) groups is 1. The summed E-state index contributed by atoms with van der Waals surface area (Å²) in [5.74, 6) is -1.69. The number of nitro benzene ring substituents is 1. The first-order valence-electron chi connectivity index (χ1n) is 6.81. The topological polar surface area (TPSA) is 72.2 Å². The molecule has 0 fully saturated rings. The maximum Gasteiger partial charge on any atom is 0.416 e. The maximum atomic E-state index is 13.7. The molecule has 2 aromatic rings. The van der Waals surface area contributed by atoms with Crippen LogP contribution in [0.3, 0.4) is 0 Å². The van der Waals surface area contributed by atoms with Gasteiger partial charge in [-0.05, 0) is 30.3 Å². The van der Waals surface area contributed by atoms with Crippen molar-refractivity contribution in [2.75, 3.05) is 11.1 Å². The Morgan fingerprint density at radius 2 is 1.92 bits per heavy atom. The Kier molecular flexibility index (Phi) is 6.24. The predicted octanol–water partition coefficient (Wildman–Crippen LogP) is 5.25. The van der Waals surface area contributed by atoms with Crippen molar-refractivity contribution in [3.05, 3.63) is 62.4 Å². The fraction of sp³-hybridized carbons (Fsp3) is 0.133. The Labute approximate surface area is 157 Å². The van der Waals surface area contributed by atoms with E-state index in [2.05, 4.69) is 21.2 Å². The van der Waals surface area contributed by atoms with Gasteiger partial charge in [-0.15, -0.1) is 11.8 Å². The monoisotopic (exact) mass is 452 g/mol. The van der Waals surface area contributed by atoms with Gasteiger partial charge >= 0.3 is 6.18 Å². The number of nitro groups is 1. The summed E-state index contributed by atoms with van der Waals surface area (Å²) in [5, 5.41) is 13.3. The Bertz CT molecular complexity index is 861. The molecule has 11 heteroatoms. The molecule has 0 aliphatic heterocycles. The molecule has 5 nitrogen and oxygen atoms in total. The van der Waals surface area contributed by atoms with Gasteiger partial charge in [-0.3, -0.25) is 14.9 Å². The average Bonchev–Trinajstić information content (AvgIpc) is 2.54. The van der Waals surface area contributed by atoms with E-state index in [1.165, 1.54) is 12.1 Å². The highest BCUT2D eigenvalue weighted by atomic mass is 79.9. The van der Waals surface area contributed by atoms with Gasteiger partial charge in [0.25, 0.3) is 5.69 Å². The number of hydrogen-bond acceptors (Lipinski definition) is 4. The van der Waals surface area contributed by atoms with Crippen LogP contribution in [-0.2, 0) is 11.0 Å². The van der Waals surface area contributed by atoms with Crippen molar-refractivity contribution in [1.82, 2.24) is 0 Å². The molecule has 2 aromatic carbocycles. The smallest absolute Gasteiger partial charge is 0.323 e. The minimum absolute atomic E-state index is 0.0827. The van der Waals surface area contributed by atoms with Gasteiger partial charge in [0, 0.05) is 10.5 Å². The number of hydrogen-bond donors (Lipinski definition) is 1. The van der Waals surface area contributed by atoms with Gasteiger partial charge in [-0.1, -0.05) is 15.9 Å². The van der Waals surface area contributed by atoms with E-state index in [9.17, 15) is 32.5 Å². The third-order valence-corrected chi connectivity index (χ3v) is 4.60. The van der Waals surface area contributed by atoms with Crippen molar-refractivity contribution in [2.24, 2.45) is 0 Å². The van der Waals surface area contributed by atoms with Crippen LogP contribution in [0.25, 0.3) is 0 Å². The van der Waals surface area contributed by atoms with Crippen LogP contribution in [0.4, 0.5) is 28.9 Å². The molecule has 1 amide bonds. The van der Waals surface area contributed by atoms with Gasteiger partial charge < -0.3 is 5.32 Å². The number of rotatable bonds is 5. The van der Waals surface area contributed by atoms with Gasteiger partial charge in [-0.2, -0.15) is 13.2 Å². The summed E-state index contributed by atoms with van der Waals surface area (Å²) in [6.07, 6.45) is -4.72. The molecule has 0 aliphatic rings. The summed E-state index contributed by atoms with van der Waals surface area (Å²) in [6.45, 7) is 0. The van der Waals surface area contributed by atoms with Gasteiger partial charge in [-0.25, -0.2) is 4.39 Å². The number of nitrogens with one attached hydrogen (secondary N) is 1. The summed E-state index contributed by atoms with van der Waals surface area (Å²) in [6, 6.07) is 6.01. The molecule has 26 heavy (non-hydrogen) atoms. The summed E-state index contributed by atoms with van der Waals surface area (Å²) in [7, 11) is 0. The summed E-state index contributed by atoms with van der Waals surface area (Å²) >= 11 is 3.74. The van der Waals surface area contributed by atoms with Gasteiger partial charge in [0.05, 0.1) is 26.8 Å². The van der Waals surface area contributed by atoms with Crippen LogP contribution in [0.1, 0.15) is 5.56 Å². The lowest BCUT2D eigenvalue weighted by Crippen LogP contribution is -2.15. The molecule has 2 rings (SSSR count). The van der Waals surface area contributed by atoms with Crippen molar-refractivity contribution in [3.8, 4) is 0 Å². The van der Waals surface area contributed by atoms with Crippen molar-refractivity contribution in [3.63, 3.8) is 0 Å². The van der Waals surface area contributed by atoms with E-state index in [1.54, 1.807) is 0 Å². The summed E-state index contributed by atoms with van der Waals surface area (Å²) in [4.78, 5) is 21.8. The van der Waals surface area contributed by atoms with E-state index in [4.69, 9.17) is 0 Å². The molecule has 0 aromatic heterocycles. The number of amides is 1. The lowest BCUT2D eigenvalue weighted by atomic mass is 10.2. The number of benzene rings is 2. The van der Waals surface area contributed by atoms with Crippen molar-refractivity contribution >= 4 is 45.0 Å². The molecule has 0 bridgehead atoms. The molecule has 0 aliphatic carbocycles. The van der Waals surface area contributed by atoms with Crippen LogP contribution in [-0.4, -0.2) is 16.6 Å². The SMILES string of the molecule is O=C(CSc1ccc(C(F)(F)F)cc1[N+](=O)[O-])Nc1ccc(Br)cc1F. The number of nitrogens with zero attached hydrogens (tertiary/aromatic N) is 1. The van der Waals surface area contributed by atoms with E-state index >= 15 is 0 Å². The highest BCUT2D eigenvalue weighted by molar-refractivity contribution is 9.10. The number of thioether (sulfide) groups is 1. The van der Waals surface area contributed by atoms with Crippen LogP contribution >= 0.6 is 27.7 Å². The third kappa shape index (κ3) is 5.18. The Morgan fingerprint density at radius 1 is 1.23 bits per heavy atom. The third-order valence-electron chi connectivity index (χ3n) is 3.05. The van der Waals surface area contributed by atoms with E-state index in [1.807, 2.05) is 0 Å². The van der Waals surface area contributed by atoms with Crippen LogP contribution in [0, 0.1) is 15.9 Å². The Morgan fingerprint density at radius 3 is 2.50 bits per heavy atom. The van der Waals surface area contributed by atoms with Crippen LogP contribution in [0.15, 0.2) is 45.8 Å². The molecular formula is C15H9BrF4N2O3S. The van der Waals surface area contributed by atoms with Gasteiger partial charge in [0.15, 0.2) is 0 Å². The molecule has 0 saturated carbocycles. The molecule has 1 N–H and O–H groups in total. The zero-order valence-corrected chi connectivity index (χ0v) is 15.0. The minimum Gasteiger partial charge on any atom is -0.323 e. The largest absolute Gasteiger partial charge is 0.416 e. The minimum atomic E-state index is -4.72. The van der Waals surface area contributed by atoms with Gasteiger partial charge in [0.1, 0.15) is 5.82 Å².